The molecule has 0 heterocycles. The monoisotopic (exact) mass is 275 g/mol. The maximum atomic E-state index is 12.5. The van der Waals surface area contributed by atoms with Crippen molar-refractivity contribution in [1.82, 2.24) is 0 Å². The first kappa shape index (κ1) is 14.4. The molecule has 1 saturated carbocycles. The molecule has 1 amide bonds. The van der Waals surface area contributed by atoms with Crippen molar-refractivity contribution in [3.8, 4) is 0 Å². The quantitative estimate of drug-likeness (QED) is 0.343. The summed E-state index contributed by atoms with van der Waals surface area (Å²) in [5.41, 5.74) is 6.42. The molecule has 4 N–H and O–H groups in total. The molecule has 0 aliphatic heterocycles. The number of oxime groups is 1. The summed E-state index contributed by atoms with van der Waals surface area (Å²) < 4.78 is 0. The van der Waals surface area contributed by atoms with Crippen LogP contribution in [0.2, 0.25) is 0 Å². The van der Waals surface area contributed by atoms with Crippen molar-refractivity contribution in [3.63, 3.8) is 0 Å². The minimum atomic E-state index is -0.323. The number of benzene rings is 1. The van der Waals surface area contributed by atoms with Crippen LogP contribution in [0.15, 0.2) is 29.4 Å². The summed E-state index contributed by atoms with van der Waals surface area (Å²) in [5, 5.41) is 14.7. The van der Waals surface area contributed by atoms with Crippen LogP contribution >= 0.6 is 0 Å². The van der Waals surface area contributed by atoms with Gasteiger partial charge < -0.3 is 16.3 Å². The Balaban J connectivity index is 2.20. The Morgan fingerprint density at radius 1 is 1.30 bits per heavy atom. The first-order valence-electron chi connectivity index (χ1n) is 6.95. The molecule has 108 valence electrons. The molecule has 2 rings (SSSR count). The first-order valence-corrected chi connectivity index (χ1v) is 6.95. The summed E-state index contributed by atoms with van der Waals surface area (Å²) in [4.78, 5) is 12.5. The molecular formula is C15H21N3O2. The van der Waals surface area contributed by atoms with Gasteiger partial charge in [0.15, 0.2) is 5.84 Å². The molecule has 0 atom stereocenters. The van der Waals surface area contributed by atoms with Gasteiger partial charge in [-0.1, -0.05) is 43.5 Å². The van der Waals surface area contributed by atoms with E-state index in [1.165, 1.54) is 6.42 Å². The zero-order valence-electron chi connectivity index (χ0n) is 11.7. The molecule has 20 heavy (non-hydrogen) atoms. The second-order valence-electron chi connectivity index (χ2n) is 5.61. The van der Waals surface area contributed by atoms with Crippen LogP contribution in [0.3, 0.4) is 0 Å². The third-order valence-corrected chi connectivity index (χ3v) is 4.06. The fourth-order valence-corrected chi connectivity index (χ4v) is 2.70. The summed E-state index contributed by atoms with van der Waals surface area (Å²) >= 11 is 0. The summed E-state index contributed by atoms with van der Waals surface area (Å²) in [6, 6.07) is 7.07. The van der Waals surface area contributed by atoms with Gasteiger partial charge in [-0.3, -0.25) is 4.79 Å². The van der Waals surface area contributed by atoms with Gasteiger partial charge in [0.2, 0.25) is 5.91 Å². The van der Waals surface area contributed by atoms with Crippen LogP contribution in [0.1, 0.15) is 44.6 Å². The molecule has 1 aliphatic rings. The van der Waals surface area contributed by atoms with Gasteiger partial charge >= 0.3 is 0 Å². The van der Waals surface area contributed by atoms with Crippen LogP contribution in [-0.2, 0) is 4.79 Å². The van der Waals surface area contributed by atoms with E-state index in [1.54, 1.807) is 18.2 Å². The standard InChI is InChI=1S/C15H21N3O2/c1-15(9-5-2-6-10-15)14(19)17-12-8-4-3-7-11(12)13(16)18-20/h3-4,7-8,20H,2,5-6,9-10H2,1H3,(H2,16,18)(H,17,19). The highest BCUT2D eigenvalue weighted by atomic mass is 16.4. The molecule has 0 spiro atoms. The number of anilines is 1. The number of nitrogens with one attached hydrogen (secondary N) is 1. The predicted octanol–water partition coefficient (Wildman–Crippen LogP) is 2.69. The summed E-state index contributed by atoms with van der Waals surface area (Å²) in [6.07, 6.45) is 5.19. The maximum Gasteiger partial charge on any atom is 0.230 e. The molecule has 0 saturated heterocycles. The Kier molecular flexibility index (Phi) is 4.27. The van der Waals surface area contributed by atoms with Crippen LogP contribution in [0.4, 0.5) is 5.69 Å². The summed E-state index contributed by atoms with van der Waals surface area (Å²) in [6.45, 7) is 2.01. The summed E-state index contributed by atoms with van der Waals surface area (Å²) in [7, 11) is 0. The van der Waals surface area contributed by atoms with Gasteiger partial charge in [0.25, 0.3) is 0 Å². The number of nitrogens with zero attached hydrogens (tertiary/aromatic N) is 1. The number of para-hydroxylation sites is 1. The minimum absolute atomic E-state index is 0.00491. The zero-order valence-corrected chi connectivity index (χ0v) is 11.7. The van der Waals surface area contributed by atoms with Crippen LogP contribution in [-0.4, -0.2) is 17.0 Å². The van der Waals surface area contributed by atoms with E-state index < -0.39 is 0 Å². The third kappa shape index (κ3) is 2.92. The lowest BCUT2D eigenvalue weighted by Gasteiger charge is -2.32. The molecule has 1 fully saturated rings. The highest BCUT2D eigenvalue weighted by Crippen LogP contribution is 2.37. The molecule has 0 radical (unpaired) electrons. The lowest BCUT2D eigenvalue weighted by molar-refractivity contribution is -0.126. The van der Waals surface area contributed by atoms with Gasteiger partial charge in [0.05, 0.1) is 5.69 Å². The van der Waals surface area contributed by atoms with Crippen molar-refractivity contribution >= 4 is 17.4 Å². The van der Waals surface area contributed by atoms with Crippen molar-refractivity contribution in [2.45, 2.75) is 39.0 Å². The first-order chi connectivity index (χ1) is 9.57. The van der Waals surface area contributed by atoms with Gasteiger partial charge in [0.1, 0.15) is 0 Å². The Morgan fingerprint density at radius 3 is 2.60 bits per heavy atom. The van der Waals surface area contributed by atoms with Crippen LogP contribution in [0.25, 0.3) is 0 Å². The number of amidine groups is 1. The highest BCUT2D eigenvalue weighted by Gasteiger charge is 2.34. The van der Waals surface area contributed by atoms with Crippen LogP contribution in [0, 0.1) is 5.41 Å². The normalized spacial score (nSPS) is 18.6. The second-order valence-corrected chi connectivity index (χ2v) is 5.61. The van der Waals surface area contributed by atoms with Gasteiger partial charge in [-0.05, 0) is 25.0 Å². The number of carbonyl (C=O) groups excluding carboxylic acids is 1. The number of hydrogen-bond acceptors (Lipinski definition) is 3. The lowest BCUT2D eigenvalue weighted by atomic mass is 9.75. The number of hydrogen-bond donors (Lipinski definition) is 3. The van der Waals surface area contributed by atoms with E-state index >= 15 is 0 Å². The van der Waals surface area contributed by atoms with E-state index in [9.17, 15) is 4.79 Å². The number of rotatable bonds is 3. The SMILES string of the molecule is CC1(C(=O)Nc2ccccc2/C(N)=N/O)CCCCC1. The number of amides is 1. The number of nitrogens with two attached hydrogens (primary N) is 1. The van der Waals surface area contributed by atoms with Crippen LogP contribution < -0.4 is 11.1 Å². The van der Waals surface area contributed by atoms with Crippen LogP contribution in [0.5, 0.6) is 0 Å². The Hall–Kier alpha value is -2.04. The second kappa shape index (κ2) is 5.94. The molecule has 0 aromatic heterocycles. The average Bonchev–Trinajstić information content (AvgIpc) is 2.47. The average molecular weight is 275 g/mol. The molecule has 1 aliphatic carbocycles. The third-order valence-electron chi connectivity index (χ3n) is 4.06. The van der Waals surface area contributed by atoms with Crippen molar-refractivity contribution in [1.29, 1.82) is 0 Å². The number of carbonyl (C=O) groups is 1. The van der Waals surface area contributed by atoms with E-state index in [-0.39, 0.29) is 17.2 Å². The van der Waals surface area contributed by atoms with E-state index in [0.29, 0.717) is 11.3 Å². The van der Waals surface area contributed by atoms with Crippen molar-refractivity contribution < 1.29 is 10.0 Å². The maximum absolute atomic E-state index is 12.5. The van der Waals surface area contributed by atoms with E-state index in [2.05, 4.69) is 10.5 Å². The fraction of sp³-hybridized carbons (Fsp3) is 0.467. The topological polar surface area (TPSA) is 87.7 Å². The van der Waals surface area contributed by atoms with Crippen molar-refractivity contribution in [2.24, 2.45) is 16.3 Å². The molecule has 1 aromatic rings. The van der Waals surface area contributed by atoms with Gasteiger partial charge in [-0.15, -0.1) is 0 Å². The zero-order chi connectivity index (χ0) is 14.6. The molecule has 5 nitrogen and oxygen atoms in total. The Morgan fingerprint density at radius 2 is 1.95 bits per heavy atom. The molecular weight excluding hydrogens is 254 g/mol. The highest BCUT2D eigenvalue weighted by molar-refractivity contribution is 6.06. The van der Waals surface area contributed by atoms with E-state index in [4.69, 9.17) is 10.9 Å². The van der Waals surface area contributed by atoms with Crippen molar-refractivity contribution in [3.05, 3.63) is 29.8 Å². The molecule has 0 bridgehead atoms. The largest absolute Gasteiger partial charge is 0.409 e. The smallest absolute Gasteiger partial charge is 0.230 e. The Bertz CT molecular complexity index is 520. The van der Waals surface area contributed by atoms with Crippen molar-refractivity contribution in [2.75, 3.05) is 5.32 Å². The Labute approximate surface area is 118 Å². The summed E-state index contributed by atoms with van der Waals surface area (Å²) in [5.74, 6) is 0.00471. The van der Waals surface area contributed by atoms with E-state index in [0.717, 1.165) is 25.7 Å². The lowest BCUT2D eigenvalue weighted by Crippen LogP contribution is -2.35. The van der Waals surface area contributed by atoms with Gasteiger partial charge in [0, 0.05) is 11.0 Å². The fourth-order valence-electron chi connectivity index (χ4n) is 2.70. The van der Waals surface area contributed by atoms with E-state index in [1.807, 2.05) is 13.0 Å². The minimum Gasteiger partial charge on any atom is -0.409 e. The van der Waals surface area contributed by atoms with Gasteiger partial charge in [-0.25, -0.2) is 0 Å². The molecule has 1 aromatic carbocycles. The van der Waals surface area contributed by atoms with Gasteiger partial charge in [-0.2, -0.15) is 0 Å². The molecule has 0 unspecified atom stereocenters. The molecule has 5 heteroatoms. The predicted molar refractivity (Wildman–Crippen MR) is 78.8 cm³/mol.